The molecule has 0 saturated heterocycles. The Kier molecular flexibility index (Phi) is 3.63. The summed E-state index contributed by atoms with van der Waals surface area (Å²) in [7, 11) is 0. The van der Waals surface area contributed by atoms with Crippen molar-refractivity contribution in [2.45, 2.75) is 6.18 Å². The SMILES string of the molecule is Nc1cc(C=CCCl)cc(C(F)(F)F)c1. The van der Waals surface area contributed by atoms with Gasteiger partial charge in [-0.05, 0) is 23.8 Å². The van der Waals surface area contributed by atoms with Gasteiger partial charge in [0, 0.05) is 11.6 Å². The number of nitrogens with two attached hydrogens (primary N) is 1. The van der Waals surface area contributed by atoms with Gasteiger partial charge in [0.2, 0.25) is 0 Å². The summed E-state index contributed by atoms with van der Waals surface area (Å²) in [6, 6.07) is 3.38. The van der Waals surface area contributed by atoms with E-state index in [2.05, 4.69) is 0 Å². The van der Waals surface area contributed by atoms with E-state index in [1.807, 2.05) is 0 Å². The minimum absolute atomic E-state index is 0.0825. The maximum Gasteiger partial charge on any atom is 0.416 e. The highest BCUT2D eigenvalue weighted by Crippen LogP contribution is 2.31. The molecule has 1 rings (SSSR count). The maximum absolute atomic E-state index is 12.4. The second kappa shape index (κ2) is 4.57. The van der Waals surface area contributed by atoms with Crippen LogP contribution >= 0.6 is 11.6 Å². The van der Waals surface area contributed by atoms with Crippen LogP contribution in [0.25, 0.3) is 6.08 Å². The number of hydrogen-bond donors (Lipinski definition) is 1. The van der Waals surface area contributed by atoms with Crippen molar-refractivity contribution in [1.82, 2.24) is 0 Å². The van der Waals surface area contributed by atoms with Crippen LogP contribution in [0, 0.1) is 0 Å². The zero-order valence-corrected chi connectivity index (χ0v) is 8.44. The average molecular weight is 236 g/mol. The van der Waals surface area contributed by atoms with Gasteiger partial charge in [-0.15, -0.1) is 11.6 Å². The molecule has 0 amide bonds. The summed E-state index contributed by atoms with van der Waals surface area (Å²) in [6.45, 7) is 0. The maximum atomic E-state index is 12.4. The lowest BCUT2D eigenvalue weighted by Gasteiger charge is -2.08. The van der Waals surface area contributed by atoms with Crippen molar-refractivity contribution in [2.75, 3.05) is 11.6 Å². The number of alkyl halides is 4. The third-order valence-electron chi connectivity index (χ3n) is 1.70. The van der Waals surface area contributed by atoms with Crippen LogP contribution in [0.2, 0.25) is 0 Å². The number of halogens is 4. The number of allylic oxidation sites excluding steroid dienone is 1. The monoisotopic (exact) mass is 235 g/mol. The predicted octanol–water partition coefficient (Wildman–Crippen LogP) is 3.54. The Morgan fingerprint density at radius 3 is 2.47 bits per heavy atom. The summed E-state index contributed by atoms with van der Waals surface area (Å²) in [5.74, 6) is 0.246. The molecule has 0 aliphatic carbocycles. The Balaban J connectivity index is 3.11. The van der Waals surface area contributed by atoms with Crippen molar-refractivity contribution in [3.05, 3.63) is 35.4 Å². The zero-order valence-electron chi connectivity index (χ0n) is 7.68. The number of rotatable bonds is 2. The van der Waals surface area contributed by atoms with Gasteiger partial charge in [-0.1, -0.05) is 12.2 Å². The second-order valence-corrected chi connectivity index (χ2v) is 3.25. The number of benzene rings is 1. The van der Waals surface area contributed by atoms with E-state index in [1.54, 1.807) is 6.08 Å². The zero-order chi connectivity index (χ0) is 11.5. The van der Waals surface area contributed by atoms with Crippen molar-refractivity contribution in [3.63, 3.8) is 0 Å². The van der Waals surface area contributed by atoms with Crippen LogP contribution in [0.5, 0.6) is 0 Å². The fourth-order valence-electron chi connectivity index (χ4n) is 1.12. The molecule has 0 bridgehead atoms. The quantitative estimate of drug-likeness (QED) is 0.616. The molecule has 0 unspecified atom stereocenters. The molecular formula is C10H9ClF3N. The summed E-state index contributed by atoms with van der Waals surface area (Å²) in [5.41, 5.74) is 5.08. The fourth-order valence-corrected chi connectivity index (χ4v) is 1.21. The summed E-state index contributed by atoms with van der Waals surface area (Å²) in [6.07, 6.45) is -1.33. The van der Waals surface area contributed by atoms with E-state index in [1.165, 1.54) is 12.1 Å². The molecule has 5 heteroatoms. The molecule has 1 nitrogen and oxygen atoms in total. The van der Waals surface area contributed by atoms with E-state index in [0.717, 1.165) is 12.1 Å². The Bertz CT molecular complexity index is 371. The van der Waals surface area contributed by atoms with Crippen LogP contribution in [0.3, 0.4) is 0 Å². The van der Waals surface area contributed by atoms with Gasteiger partial charge in [-0.3, -0.25) is 0 Å². The van der Waals surface area contributed by atoms with Crippen LogP contribution < -0.4 is 5.73 Å². The van der Waals surface area contributed by atoms with E-state index in [9.17, 15) is 13.2 Å². The molecule has 0 atom stereocenters. The summed E-state index contributed by atoms with van der Waals surface area (Å²) in [5, 5.41) is 0. The van der Waals surface area contributed by atoms with Crippen LogP contribution in [0.4, 0.5) is 18.9 Å². The molecule has 1 aromatic rings. The minimum atomic E-state index is -4.38. The summed E-state index contributed by atoms with van der Waals surface area (Å²) in [4.78, 5) is 0. The highest BCUT2D eigenvalue weighted by molar-refractivity contribution is 6.19. The van der Waals surface area contributed by atoms with Crippen molar-refractivity contribution in [1.29, 1.82) is 0 Å². The van der Waals surface area contributed by atoms with Crippen molar-refractivity contribution >= 4 is 23.4 Å². The van der Waals surface area contributed by atoms with Crippen LogP contribution in [-0.2, 0) is 6.18 Å². The van der Waals surface area contributed by atoms with E-state index in [-0.39, 0.29) is 11.6 Å². The Labute approximate surface area is 90.3 Å². The molecule has 0 radical (unpaired) electrons. The Hall–Kier alpha value is -1.16. The average Bonchev–Trinajstić information content (AvgIpc) is 2.12. The largest absolute Gasteiger partial charge is 0.416 e. The van der Waals surface area contributed by atoms with Gasteiger partial charge in [-0.2, -0.15) is 13.2 Å². The second-order valence-electron chi connectivity index (χ2n) is 2.94. The van der Waals surface area contributed by atoms with Gasteiger partial charge in [0.25, 0.3) is 0 Å². The molecule has 0 aromatic heterocycles. The fraction of sp³-hybridized carbons (Fsp3) is 0.200. The molecule has 0 aliphatic heterocycles. The number of nitrogen functional groups attached to an aromatic ring is 1. The third-order valence-corrected chi connectivity index (χ3v) is 1.88. The van der Waals surface area contributed by atoms with Crippen LogP contribution in [-0.4, -0.2) is 5.88 Å². The molecule has 0 fully saturated rings. The van der Waals surface area contributed by atoms with Gasteiger partial charge in [0.15, 0.2) is 0 Å². The van der Waals surface area contributed by atoms with Crippen molar-refractivity contribution in [2.24, 2.45) is 0 Å². The van der Waals surface area contributed by atoms with Gasteiger partial charge >= 0.3 is 6.18 Å². The molecule has 0 aliphatic rings. The van der Waals surface area contributed by atoms with Gasteiger partial charge in [0.1, 0.15) is 0 Å². The van der Waals surface area contributed by atoms with Crippen molar-refractivity contribution < 1.29 is 13.2 Å². The highest BCUT2D eigenvalue weighted by Gasteiger charge is 2.30. The number of anilines is 1. The number of hydrogen-bond acceptors (Lipinski definition) is 1. The Morgan fingerprint density at radius 2 is 1.93 bits per heavy atom. The van der Waals surface area contributed by atoms with E-state index in [4.69, 9.17) is 17.3 Å². The van der Waals surface area contributed by atoms with Crippen LogP contribution in [0.15, 0.2) is 24.3 Å². The molecule has 15 heavy (non-hydrogen) atoms. The third kappa shape index (κ3) is 3.47. The lowest BCUT2D eigenvalue weighted by molar-refractivity contribution is -0.137. The van der Waals surface area contributed by atoms with Crippen LogP contribution in [0.1, 0.15) is 11.1 Å². The lowest BCUT2D eigenvalue weighted by atomic mass is 10.1. The molecule has 2 N–H and O–H groups in total. The smallest absolute Gasteiger partial charge is 0.399 e. The minimum Gasteiger partial charge on any atom is -0.399 e. The molecule has 82 valence electrons. The highest BCUT2D eigenvalue weighted by atomic mass is 35.5. The molecular weight excluding hydrogens is 227 g/mol. The van der Waals surface area contributed by atoms with Gasteiger partial charge in [0.05, 0.1) is 5.56 Å². The Morgan fingerprint density at radius 1 is 1.27 bits per heavy atom. The molecule has 0 heterocycles. The molecule has 0 saturated carbocycles. The van der Waals surface area contributed by atoms with Gasteiger partial charge < -0.3 is 5.73 Å². The normalized spacial score (nSPS) is 12.3. The summed E-state index contributed by atoms with van der Waals surface area (Å²) < 4.78 is 37.1. The summed E-state index contributed by atoms with van der Waals surface area (Å²) >= 11 is 5.38. The van der Waals surface area contributed by atoms with E-state index < -0.39 is 11.7 Å². The first-order valence-corrected chi connectivity index (χ1v) is 4.67. The molecule has 1 aromatic carbocycles. The van der Waals surface area contributed by atoms with E-state index in [0.29, 0.717) is 5.56 Å². The van der Waals surface area contributed by atoms with E-state index >= 15 is 0 Å². The standard InChI is InChI=1S/C10H9ClF3N/c11-3-1-2-7-4-8(10(12,13)14)6-9(15)5-7/h1-2,4-6H,3,15H2. The topological polar surface area (TPSA) is 26.0 Å². The van der Waals surface area contributed by atoms with Crippen molar-refractivity contribution in [3.8, 4) is 0 Å². The first-order valence-electron chi connectivity index (χ1n) is 4.14. The first-order chi connectivity index (χ1) is 6.93. The molecule has 0 spiro atoms. The predicted molar refractivity (Wildman–Crippen MR) is 55.6 cm³/mol. The lowest BCUT2D eigenvalue weighted by Crippen LogP contribution is -2.06. The first kappa shape index (κ1) is 11.9. The van der Waals surface area contributed by atoms with Gasteiger partial charge in [-0.25, -0.2) is 0 Å².